The largest absolute Gasteiger partial charge is 0.416 e. The topological polar surface area (TPSA) is 42.7 Å². The average molecular weight is 458 g/mol. The van der Waals surface area contributed by atoms with Crippen molar-refractivity contribution >= 4 is 0 Å². The van der Waals surface area contributed by atoms with Crippen LogP contribution in [0.1, 0.15) is 60.4 Å². The molecule has 174 valence electrons. The highest BCUT2D eigenvalue weighted by Gasteiger charge is 2.48. The van der Waals surface area contributed by atoms with Crippen molar-refractivity contribution < 1.29 is 26.3 Å². The lowest BCUT2D eigenvalue weighted by atomic mass is 9.83. The molecule has 3 unspecified atom stereocenters. The zero-order valence-corrected chi connectivity index (χ0v) is 17.3. The first kappa shape index (κ1) is 21.7. The Balaban J connectivity index is 1.54. The molecule has 32 heavy (non-hydrogen) atoms. The first-order chi connectivity index (χ1) is 15.1. The van der Waals surface area contributed by atoms with Gasteiger partial charge in [0.2, 0.25) is 0 Å². The van der Waals surface area contributed by atoms with E-state index in [9.17, 15) is 26.3 Å². The van der Waals surface area contributed by atoms with E-state index in [2.05, 4.69) is 15.4 Å². The Hall–Kier alpha value is -2.10. The van der Waals surface area contributed by atoms with Crippen molar-refractivity contribution in [1.29, 1.82) is 0 Å². The van der Waals surface area contributed by atoms with Crippen LogP contribution in [0.25, 0.3) is 0 Å². The monoisotopic (exact) mass is 458 g/mol. The number of fused-ring (bicyclic) bond motifs is 3. The smallest absolute Gasteiger partial charge is 0.316 e. The molecule has 5 atom stereocenters. The van der Waals surface area contributed by atoms with Crippen molar-refractivity contribution in [3.8, 4) is 0 Å². The van der Waals surface area contributed by atoms with Crippen molar-refractivity contribution in [2.75, 3.05) is 13.1 Å². The van der Waals surface area contributed by atoms with Crippen LogP contribution in [0.3, 0.4) is 0 Å². The van der Waals surface area contributed by atoms with E-state index in [1.807, 2.05) is 0 Å². The highest BCUT2D eigenvalue weighted by molar-refractivity contribution is 5.37. The van der Waals surface area contributed by atoms with Crippen LogP contribution in [0.2, 0.25) is 0 Å². The molecule has 1 aromatic carbocycles. The zero-order valence-electron chi connectivity index (χ0n) is 17.3. The number of hydrogen-bond donors (Lipinski definition) is 1. The predicted octanol–water partition coefficient (Wildman–Crippen LogP) is 5.11. The fourth-order valence-corrected chi connectivity index (χ4v) is 5.91. The summed E-state index contributed by atoms with van der Waals surface area (Å²) in [5.41, 5.74) is -0.870. The molecule has 2 bridgehead atoms. The van der Waals surface area contributed by atoms with E-state index < -0.39 is 29.9 Å². The Morgan fingerprint density at radius 2 is 1.62 bits per heavy atom. The number of rotatable bonds is 3. The second-order valence-corrected chi connectivity index (χ2v) is 9.23. The maximum atomic E-state index is 13.7. The number of nitrogens with zero attached hydrogens (tertiary/aromatic N) is 3. The summed E-state index contributed by atoms with van der Waals surface area (Å²) < 4.78 is 83.0. The first-order valence-electron chi connectivity index (χ1n) is 11.0. The van der Waals surface area contributed by atoms with E-state index in [0.29, 0.717) is 30.0 Å². The minimum absolute atomic E-state index is 0.00782. The molecule has 1 aromatic heterocycles. The quantitative estimate of drug-likeness (QED) is 0.650. The third kappa shape index (κ3) is 3.80. The van der Waals surface area contributed by atoms with Crippen molar-refractivity contribution in [3.63, 3.8) is 0 Å². The average Bonchev–Trinajstić information content (AvgIpc) is 3.22. The van der Waals surface area contributed by atoms with Crippen LogP contribution in [0.15, 0.2) is 24.3 Å². The van der Waals surface area contributed by atoms with E-state index in [1.54, 1.807) is 0 Å². The molecule has 5 rings (SSSR count). The van der Waals surface area contributed by atoms with Gasteiger partial charge in [0.1, 0.15) is 11.9 Å². The van der Waals surface area contributed by atoms with Crippen molar-refractivity contribution in [2.24, 2.45) is 17.8 Å². The van der Waals surface area contributed by atoms with E-state index >= 15 is 0 Å². The van der Waals surface area contributed by atoms with Crippen LogP contribution < -0.4 is 5.32 Å². The Morgan fingerprint density at radius 3 is 2.28 bits per heavy atom. The molecular weight excluding hydrogens is 434 g/mol. The van der Waals surface area contributed by atoms with Gasteiger partial charge in [0.05, 0.1) is 5.56 Å². The lowest BCUT2D eigenvalue weighted by molar-refractivity contribution is -0.175. The van der Waals surface area contributed by atoms with Gasteiger partial charge in [-0.2, -0.15) is 31.4 Å². The predicted molar refractivity (Wildman–Crippen MR) is 104 cm³/mol. The number of nitrogens with one attached hydrogen (secondary N) is 1. The molecule has 1 aliphatic carbocycles. The number of aromatic nitrogens is 3. The normalized spacial score (nSPS) is 30.4. The van der Waals surface area contributed by atoms with E-state index in [-0.39, 0.29) is 24.2 Å². The standard InChI is InChI=1S/C22H24F6N4/c23-21(24,25)17-4-2-1-3-14(17)15-7-8-18(22(26,27)28)32-20(15)30-19(31-32)9-16-12-5-6-13(16)11-29-10-12/h1-4,12-13,15-16,18,29H,5-11H2/t12-,13+,15?,16?,18?. The number of hydrogen-bond acceptors (Lipinski definition) is 3. The van der Waals surface area contributed by atoms with Gasteiger partial charge in [-0.1, -0.05) is 18.2 Å². The fourth-order valence-electron chi connectivity index (χ4n) is 5.91. The van der Waals surface area contributed by atoms with Gasteiger partial charge >= 0.3 is 12.4 Å². The molecule has 1 saturated carbocycles. The minimum atomic E-state index is -4.60. The molecule has 2 aromatic rings. The summed E-state index contributed by atoms with van der Waals surface area (Å²) >= 11 is 0. The second-order valence-electron chi connectivity index (χ2n) is 9.23. The fraction of sp³-hybridized carbons (Fsp3) is 0.636. The van der Waals surface area contributed by atoms with Gasteiger partial charge in [-0.05, 0) is 68.2 Å². The Labute approximate surface area is 181 Å². The van der Waals surface area contributed by atoms with Crippen molar-refractivity contribution in [3.05, 3.63) is 47.0 Å². The van der Waals surface area contributed by atoms with E-state index in [0.717, 1.165) is 36.7 Å². The molecule has 10 heteroatoms. The lowest BCUT2D eigenvalue weighted by Gasteiger charge is -2.31. The van der Waals surface area contributed by atoms with Crippen LogP contribution >= 0.6 is 0 Å². The summed E-state index contributed by atoms with van der Waals surface area (Å²) in [6, 6.07) is 3.22. The molecular formula is C22H24F6N4. The van der Waals surface area contributed by atoms with Gasteiger partial charge in [-0.15, -0.1) is 0 Å². The number of benzene rings is 1. The van der Waals surface area contributed by atoms with Gasteiger partial charge in [0.25, 0.3) is 0 Å². The van der Waals surface area contributed by atoms with Crippen molar-refractivity contribution in [1.82, 2.24) is 20.1 Å². The highest BCUT2D eigenvalue weighted by atomic mass is 19.4. The maximum Gasteiger partial charge on any atom is 0.416 e. The summed E-state index contributed by atoms with van der Waals surface area (Å²) in [5.74, 6) is 0.605. The number of piperidine rings is 1. The molecule has 0 radical (unpaired) electrons. The van der Waals surface area contributed by atoms with E-state index in [4.69, 9.17) is 0 Å². The van der Waals surface area contributed by atoms with Gasteiger partial charge in [-0.25, -0.2) is 9.67 Å². The summed E-state index contributed by atoms with van der Waals surface area (Å²) in [4.78, 5) is 4.45. The zero-order chi connectivity index (χ0) is 22.7. The third-order valence-corrected chi connectivity index (χ3v) is 7.41. The second kappa shape index (κ2) is 7.74. The number of alkyl halides is 6. The maximum absolute atomic E-state index is 13.7. The van der Waals surface area contributed by atoms with Gasteiger partial charge in [-0.3, -0.25) is 0 Å². The van der Waals surface area contributed by atoms with Crippen LogP contribution in [0, 0.1) is 17.8 Å². The SMILES string of the molecule is FC(F)(F)c1ccccc1C1CCC(C(F)(F)F)n2nc(CC3[C@@H]4CC[C@H]3CNC4)nc21. The highest BCUT2D eigenvalue weighted by Crippen LogP contribution is 2.47. The van der Waals surface area contributed by atoms with Crippen LogP contribution in [-0.2, 0) is 12.6 Å². The Morgan fingerprint density at radius 1 is 0.938 bits per heavy atom. The molecule has 3 aliphatic rings. The molecule has 2 fully saturated rings. The Kier molecular flexibility index (Phi) is 5.26. The van der Waals surface area contributed by atoms with Gasteiger partial charge < -0.3 is 5.32 Å². The van der Waals surface area contributed by atoms with Crippen LogP contribution in [-0.4, -0.2) is 34.0 Å². The molecule has 1 saturated heterocycles. The van der Waals surface area contributed by atoms with Crippen LogP contribution in [0.5, 0.6) is 0 Å². The third-order valence-electron chi connectivity index (χ3n) is 7.41. The molecule has 1 N–H and O–H groups in total. The first-order valence-corrected chi connectivity index (χ1v) is 11.0. The summed E-state index contributed by atoms with van der Waals surface area (Å²) in [7, 11) is 0. The van der Waals surface area contributed by atoms with Gasteiger partial charge in [0.15, 0.2) is 5.82 Å². The molecule has 0 amide bonds. The molecule has 0 spiro atoms. The van der Waals surface area contributed by atoms with Crippen LogP contribution in [0.4, 0.5) is 26.3 Å². The van der Waals surface area contributed by atoms with Gasteiger partial charge in [0, 0.05) is 12.3 Å². The summed E-state index contributed by atoms with van der Waals surface area (Å²) in [6.07, 6.45) is -6.91. The summed E-state index contributed by atoms with van der Waals surface area (Å²) in [5, 5.41) is 7.63. The summed E-state index contributed by atoms with van der Waals surface area (Å²) in [6.45, 7) is 1.75. The van der Waals surface area contributed by atoms with Crippen molar-refractivity contribution in [2.45, 2.75) is 56.4 Å². The van der Waals surface area contributed by atoms with E-state index in [1.165, 1.54) is 18.2 Å². The molecule has 2 aliphatic heterocycles. The minimum Gasteiger partial charge on any atom is -0.316 e. The lowest BCUT2D eigenvalue weighted by Crippen LogP contribution is -2.39. The Bertz CT molecular complexity index is 966. The number of halogens is 6. The molecule has 3 heterocycles. The molecule has 4 nitrogen and oxygen atoms in total.